The number of halogens is 1. The fourth-order valence-corrected chi connectivity index (χ4v) is 2.76. The zero-order chi connectivity index (χ0) is 13.8. The summed E-state index contributed by atoms with van der Waals surface area (Å²) in [6.07, 6.45) is 2.47. The van der Waals surface area contributed by atoms with Gasteiger partial charge in [0.2, 0.25) is 0 Å². The number of likely N-dealkylation sites (tertiary alicyclic amines) is 1. The first-order chi connectivity index (χ1) is 9.06. The molecule has 0 unspecified atom stereocenters. The van der Waals surface area contributed by atoms with Gasteiger partial charge < -0.3 is 15.5 Å². The van der Waals surface area contributed by atoms with E-state index in [0.29, 0.717) is 12.1 Å². The van der Waals surface area contributed by atoms with Crippen molar-refractivity contribution in [3.05, 3.63) is 29.6 Å². The molecule has 4 heteroatoms. The highest BCUT2D eigenvalue weighted by Crippen LogP contribution is 2.20. The van der Waals surface area contributed by atoms with Gasteiger partial charge in [-0.2, -0.15) is 0 Å². The van der Waals surface area contributed by atoms with Gasteiger partial charge in [-0.25, -0.2) is 4.39 Å². The minimum absolute atomic E-state index is 0.241. The highest BCUT2D eigenvalue weighted by molar-refractivity contribution is 5.42. The van der Waals surface area contributed by atoms with E-state index in [1.165, 1.54) is 25.9 Å². The van der Waals surface area contributed by atoms with Crippen LogP contribution in [0.2, 0.25) is 0 Å². The molecular weight excluding hydrogens is 241 g/mol. The minimum Gasteiger partial charge on any atom is -0.396 e. The van der Waals surface area contributed by atoms with Gasteiger partial charge >= 0.3 is 0 Å². The van der Waals surface area contributed by atoms with Crippen molar-refractivity contribution in [3.8, 4) is 0 Å². The highest BCUT2D eigenvalue weighted by atomic mass is 19.1. The Kier molecular flexibility index (Phi) is 4.77. The Morgan fingerprint density at radius 3 is 2.74 bits per heavy atom. The summed E-state index contributed by atoms with van der Waals surface area (Å²) in [4.78, 5) is 4.57. The predicted molar refractivity (Wildman–Crippen MR) is 77.4 cm³/mol. The van der Waals surface area contributed by atoms with Gasteiger partial charge in [0, 0.05) is 18.7 Å². The molecular formula is C15H24FN3. The number of anilines is 1. The van der Waals surface area contributed by atoms with Gasteiger partial charge in [0.25, 0.3) is 0 Å². The average molecular weight is 265 g/mol. The maximum absolute atomic E-state index is 13.8. The lowest BCUT2D eigenvalue weighted by Crippen LogP contribution is -2.35. The first-order valence-corrected chi connectivity index (χ1v) is 6.96. The number of nitrogen functional groups attached to an aromatic ring is 1. The fourth-order valence-electron chi connectivity index (χ4n) is 2.76. The van der Waals surface area contributed by atoms with Crippen LogP contribution in [0.25, 0.3) is 0 Å². The summed E-state index contributed by atoms with van der Waals surface area (Å²) in [5.74, 6) is 0.461. The molecule has 3 nitrogen and oxygen atoms in total. The average Bonchev–Trinajstić information content (AvgIpc) is 2.38. The largest absolute Gasteiger partial charge is 0.396 e. The van der Waals surface area contributed by atoms with Crippen molar-refractivity contribution in [1.29, 1.82) is 0 Å². The van der Waals surface area contributed by atoms with Crippen molar-refractivity contribution in [1.82, 2.24) is 9.80 Å². The van der Waals surface area contributed by atoms with Gasteiger partial charge in [0.05, 0.1) is 5.69 Å². The van der Waals surface area contributed by atoms with E-state index in [4.69, 9.17) is 5.73 Å². The monoisotopic (exact) mass is 265 g/mol. The van der Waals surface area contributed by atoms with Gasteiger partial charge in [-0.3, -0.25) is 0 Å². The Bertz CT molecular complexity index is 414. The zero-order valence-corrected chi connectivity index (χ0v) is 11.9. The first kappa shape index (κ1) is 14.3. The molecule has 19 heavy (non-hydrogen) atoms. The lowest BCUT2D eigenvalue weighted by Gasteiger charge is -2.31. The molecule has 106 valence electrons. The molecule has 1 aliphatic heterocycles. The number of hydrogen-bond donors (Lipinski definition) is 1. The third-order valence-electron chi connectivity index (χ3n) is 3.96. The normalized spacial score (nSPS) is 18.1. The van der Waals surface area contributed by atoms with Crippen LogP contribution in [0.15, 0.2) is 18.2 Å². The number of nitrogens with two attached hydrogens (primary N) is 1. The SMILES string of the molecule is CN1CCC(CN(C)Cc2cccc(N)c2F)CC1. The molecule has 1 aromatic carbocycles. The topological polar surface area (TPSA) is 32.5 Å². The molecule has 0 aliphatic carbocycles. The number of rotatable bonds is 4. The molecule has 0 saturated carbocycles. The van der Waals surface area contributed by atoms with Crippen LogP contribution in [0, 0.1) is 11.7 Å². The van der Waals surface area contributed by atoms with E-state index < -0.39 is 0 Å². The molecule has 0 radical (unpaired) electrons. The highest BCUT2D eigenvalue weighted by Gasteiger charge is 2.18. The van der Waals surface area contributed by atoms with E-state index >= 15 is 0 Å². The van der Waals surface area contributed by atoms with Crippen molar-refractivity contribution in [2.24, 2.45) is 5.92 Å². The van der Waals surface area contributed by atoms with Crippen LogP contribution >= 0.6 is 0 Å². The van der Waals surface area contributed by atoms with E-state index in [-0.39, 0.29) is 11.5 Å². The third-order valence-corrected chi connectivity index (χ3v) is 3.96. The molecule has 0 bridgehead atoms. The van der Waals surface area contributed by atoms with Gasteiger partial charge in [0.1, 0.15) is 0 Å². The Balaban J connectivity index is 1.87. The van der Waals surface area contributed by atoms with Crippen LogP contribution in [0.5, 0.6) is 0 Å². The molecule has 2 N–H and O–H groups in total. The van der Waals surface area contributed by atoms with Crippen LogP contribution in [-0.4, -0.2) is 43.5 Å². The van der Waals surface area contributed by atoms with Crippen molar-refractivity contribution in [2.75, 3.05) is 39.5 Å². The quantitative estimate of drug-likeness (QED) is 0.847. The standard InChI is InChI=1S/C15H24FN3/c1-18-8-6-12(7-9-18)10-19(2)11-13-4-3-5-14(17)15(13)16/h3-5,12H,6-11,17H2,1-2H3. The first-order valence-electron chi connectivity index (χ1n) is 6.96. The number of nitrogens with zero attached hydrogens (tertiary/aromatic N) is 2. The van der Waals surface area contributed by atoms with Crippen LogP contribution in [0.3, 0.4) is 0 Å². The Labute approximate surface area is 115 Å². The molecule has 1 heterocycles. The second-order valence-electron chi connectivity index (χ2n) is 5.76. The minimum atomic E-state index is -0.266. The Morgan fingerprint density at radius 1 is 1.37 bits per heavy atom. The van der Waals surface area contributed by atoms with Gasteiger partial charge in [-0.1, -0.05) is 12.1 Å². The number of hydrogen-bond acceptors (Lipinski definition) is 3. The molecule has 1 aliphatic rings. The smallest absolute Gasteiger partial charge is 0.150 e. The molecule has 0 aromatic heterocycles. The van der Waals surface area contributed by atoms with Crippen molar-refractivity contribution >= 4 is 5.69 Å². The van der Waals surface area contributed by atoms with Crippen LogP contribution in [-0.2, 0) is 6.54 Å². The summed E-state index contributed by atoms with van der Waals surface area (Å²) < 4.78 is 13.8. The summed E-state index contributed by atoms with van der Waals surface area (Å²) >= 11 is 0. The predicted octanol–water partition coefficient (Wildman–Crippen LogP) is 2.18. The summed E-state index contributed by atoms with van der Waals surface area (Å²) in [7, 11) is 4.23. The lowest BCUT2D eigenvalue weighted by molar-refractivity contribution is 0.172. The Morgan fingerprint density at radius 2 is 2.05 bits per heavy atom. The van der Waals surface area contributed by atoms with Crippen molar-refractivity contribution in [3.63, 3.8) is 0 Å². The maximum atomic E-state index is 13.8. The molecule has 0 atom stereocenters. The second kappa shape index (κ2) is 6.35. The molecule has 0 amide bonds. The molecule has 1 fully saturated rings. The summed E-state index contributed by atoms with van der Waals surface area (Å²) in [5.41, 5.74) is 6.53. The zero-order valence-electron chi connectivity index (χ0n) is 11.9. The van der Waals surface area contributed by atoms with Crippen LogP contribution < -0.4 is 5.73 Å². The molecule has 2 rings (SSSR count). The third kappa shape index (κ3) is 3.91. The van der Waals surface area contributed by atoms with Crippen LogP contribution in [0.1, 0.15) is 18.4 Å². The van der Waals surface area contributed by atoms with E-state index in [1.807, 2.05) is 12.1 Å². The molecule has 0 spiro atoms. The Hall–Kier alpha value is -1.13. The summed E-state index contributed by atoms with van der Waals surface area (Å²) in [5, 5.41) is 0. The second-order valence-corrected chi connectivity index (χ2v) is 5.76. The van der Waals surface area contributed by atoms with E-state index in [1.54, 1.807) is 6.07 Å². The van der Waals surface area contributed by atoms with Crippen molar-refractivity contribution < 1.29 is 4.39 Å². The van der Waals surface area contributed by atoms with Crippen LogP contribution in [0.4, 0.5) is 10.1 Å². The van der Waals surface area contributed by atoms with E-state index in [0.717, 1.165) is 12.5 Å². The summed E-state index contributed by atoms with van der Waals surface area (Å²) in [6.45, 7) is 4.00. The molecule has 1 saturated heterocycles. The number of benzene rings is 1. The van der Waals surface area contributed by atoms with Gasteiger partial charge in [-0.05, 0) is 52.0 Å². The van der Waals surface area contributed by atoms with Gasteiger partial charge in [0.15, 0.2) is 5.82 Å². The summed E-state index contributed by atoms with van der Waals surface area (Å²) in [6, 6.07) is 5.24. The fraction of sp³-hybridized carbons (Fsp3) is 0.600. The van der Waals surface area contributed by atoms with Gasteiger partial charge in [-0.15, -0.1) is 0 Å². The maximum Gasteiger partial charge on any atom is 0.150 e. The van der Waals surface area contributed by atoms with Crippen molar-refractivity contribution in [2.45, 2.75) is 19.4 Å². The lowest BCUT2D eigenvalue weighted by atomic mass is 9.96. The molecule has 1 aromatic rings. The number of piperidine rings is 1. The van der Waals surface area contributed by atoms with E-state index in [2.05, 4.69) is 23.9 Å². The van der Waals surface area contributed by atoms with E-state index in [9.17, 15) is 4.39 Å².